The van der Waals surface area contributed by atoms with Crippen LogP contribution < -0.4 is 16.2 Å². The Bertz CT molecular complexity index is 793. The Morgan fingerprint density at radius 1 is 1.38 bits per heavy atom. The van der Waals surface area contributed by atoms with E-state index in [1.54, 1.807) is 11.7 Å². The summed E-state index contributed by atoms with van der Waals surface area (Å²) in [5.74, 6) is 0.0124. The molecule has 1 unspecified atom stereocenters. The molecule has 7 nitrogen and oxygen atoms in total. The maximum Gasteiger partial charge on any atom is 0.273 e. The zero-order valence-corrected chi connectivity index (χ0v) is 15.6. The fourth-order valence-corrected chi connectivity index (χ4v) is 3.12. The van der Waals surface area contributed by atoms with Crippen molar-refractivity contribution in [1.29, 1.82) is 0 Å². The zero-order chi connectivity index (χ0) is 15.9. The van der Waals surface area contributed by atoms with Crippen LogP contribution in [0.4, 0.5) is 0 Å². The summed E-state index contributed by atoms with van der Waals surface area (Å²) in [4.78, 5) is 28.6. The molecule has 2 aromatic rings. The third-order valence-electron chi connectivity index (χ3n) is 4.39. The van der Waals surface area contributed by atoms with Crippen molar-refractivity contribution in [1.82, 2.24) is 25.4 Å². The van der Waals surface area contributed by atoms with Crippen LogP contribution in [0.2, 0.25) is 0 Å². The molecule has 0 bridgehead atoms. The van der Waals surface area contributed by atoms with Gasteiger partial charge in [0.05, 0.1) is 11.4 Å². The van der Waals surface area contributed by atoms with Gasteiger partial charge in [0.15, 0.2) is 5.65 Å². The molecule has 1 aliphatic rings. The number of aryl methyl sites for hydroxylation is 3. The number of nitrogens with zero attached hydrogens (tertiary/aromatic N) is 2. The Morgan fingerprint density at radius 2 is 2.08 bits per heavy atom. The number of carbonyl (C=O) groups is 1. The molecule has 3 rings (SSSR count). The van der Waals surface area contributed by atoms with Crippen molar-refractivity contribution < 1.29 is 4.79 Å². The number of amides is 1. The van der Waals surface area contributed by atoms with Crippen molar-refractivity contribution in [2.45, 2.75) is 39.3 Å². The van der Waals surface area contributed by atoms with Gasteiger partial charge in [-0.1, -0.05) is 0 Å². The first-order valence-electron chi connectivity index (χ1n) is 7.55. The Labute approximate surface area is 152 Å². The smallest absolute Gasteiger partial charge is 0.273 e. The number of pyridine rings is 1. The molecular formula is C15H23Cl2N5O2. The zero-order valence-electron chi connectivity index (χ0n) is 13.9. The predicted octanol–water partition coefficient (Wildman–Crippen LogP) is 1.09. The summed E-state index contributed by atoms with van der Waals surface area (Å²) in [5, 5.41) is 9.45. The van der Waals surface area contributed by atoms with Crippen molar-refractivity contribution in [3.8, 4) is 0 Å². The largest absolute Gasteiger partial charge is 0.351 e. The maximum atomic E-state index is 12.1. The van der Waals surface area contributed by atoms with E-state index in [4.69, 9.17) is 0 Å². The number of hydrogen-bond acceptors (Lipinski definition) is 4. The molecule has 1 atom stereocenters. The molecule has 24 heavy (non-hydrogen) atoms. The topological polar surface area (TPSA) is 91.8 Å². The van der Waals surface area contributed by atoms with Crippen molar-refractivity contribution in [3.63, 3.8) is 0 Å². The highest BCUT2D eigenvalue weighted by Crippen LogP contribution is 2.19. The molecule has 2 aromatic heterocycles. The number of nitrogens with one attached hydrogen (secondary N) is 3. The van der Waals surface area contributed by atoms with Gasteiger partial charge in [-0.3, -0.25) is 19.4 Å². The van der Waals surface area contributed by atoms with E-state index >= 15 is 0 Å². The molecule has 0 spiro atoms. The lowest BCUT2D eigenvalue weighted by Gasteiger charge is -2.14. The predicted molar refractivity (Wildman–Crippen MR) is 98.2 cm³/mol. The molecule has 134 valence electrons. The van der Waals surface area contributed by atoms with Crippen LogP contribution in [0.3, 0.4) is 0 Å². The van der Waals surface area contributed by atoms with E-state index in [1.165, 1.54) is 0 Å². The van der Waals surface area contributed by atoms with Crippen LogP contribution in [0.25, 0.3) is 11.0 Å². The third-order valence-corrected chi connectivity index (χ3v) is 4.39. The van der Waals surface area contributed by atoms with Gasteiger partial charge in [-0.2, -0.15) is 0 Å². The molecule has 1 saturated heterocycles. The second kappa shape index (κ2) is 8.00. The number of H-pyrrole nitrogens is 1. The van der Waals surface area contributed by atoms with Gasteiger partial charge in [0, 0.05) is 19.3 Å². The molecule has 0 aliphatic carbocycles. The van der Waals surface area contributed by atoms with Crippen LogP contribution in [0.5, 0.6) is 0 Å². The minimum absolute atomic E-state index is 0. The highest BCUT2D eigenvalue weighted by Gasteiger charge is 2.22. The van der Waals surface area contributed by atoms with Gasteiger partial charge < -0.3 is 10.6 Å². The average molecular weight is 376 g/mol. The van der Waals surface area contributed by atoms with Crippen LogP contribution >= 0.6 is 24.8 Å². The summed E-state index contributed by atoms with van der Waals surface area (Å²) in [6.45, 7) is 5.09. The second-order valence-corrected chi connectivity index (χ2v) is 5.87. The van der Waals surface area contributed by atoms with Crippen LogP contribution in [0.15, 0.2) is 4.79 Å². The summed E-state index contributed by atoms with van der Waals surface area (Å²) in [6, 6.07) is -0.0996. The Morgan fingerprint density at radius 3 is 2.71 bits per heavy atom. The number of halogens is 2. The lowest BCUT2D eigenvalue weighted by atomic mass is 10.0. The standard InChI is InChI=1S/C15H21N5O2.2ClH/c1-8-10(7-17-14(21)11-5-4-6-16-11)9(2)18-13-12(8)15(22)19-20(13)3;;/h11,16H,4-7H2,1-3H3,(H,17,21)(H,19,22);2*1H. The van der Waals surface area contributed by atoms with E-state index in [0.29, 0.717) is 17.6 Å². The van der Waals surface area contributed by atoms with Gasteiger partial charge in [-0.05, 0) is 44.4 Å². The molecular weight excluding hydrogens is 353 g/mol. The number of rotatable bonds is 3. The van der Waals surface area contributed by atoms with E-state index in [0.717, 1.165) is 36.2 Å². The van der Waals surface area contributed by atoms with Crippen molar-refractivity contribution >= 4 is 41.8 Å². The average Bonchev–Trinajstić information content (AvgIpc) is 3.07. The molecule has 1 aliphatic heterocycles. The second-order valence-electron chi connectivity index (χ2n) is 5.87. The van der Waals surface area contributed by atoms with Crippen LogP contribution in [0, 0.1) is 13.8 Å². The first kappa shape index (κ1) is 20.5. The summed E-state index contributed by atoms with van der Waals surface area (Å²) >= 11 is 0. The lowest BCUT2D eigenvalue weighted by Crippen LogP contribution is -2.40. The van der Waals surface area contributed by atoms with Crippen LogP contribution in [-0.2, 0) is 18.4 Å². The third kappa shape index (κ3) is 3.58. The molecule has 1 fully saturated rings. The number of aromatic nitrogens is 3. The Balaban J connectivity index is 0.00000144. The SMILES string of the molecule is Cc1nc2c(c(C)c1CNC(=O)C1CCCN1)c(=O)[nH]n2C.Cl.Cl. The van der Waals surface area contributed by atoms with Gasteiger partial charge in [-0.25, -0.2) is 4.98 Å². The molecule has 9 heteroatoms. The Kier molecular flexibility index (Phi) is 6.83. The molecule has 3 N–H and O–H groups in total. The monoisotopic (exact) mass is 375 g/mol. The first-order valence-corrected chi connectivity index (χ1v) is 7.55. The van der Waals surface area contributed by atoms with Gasteiger partial charge >= 0.3 is 0 Å². The van der Waals surface area contributed by atoms with Gasteiger partial charge in [0.1, 0.15) is 0 Å². The van der Waals surface area contributed by atoms with Crippen molar-refractivity contribution in [2.24, 2.45) is 7.05 Å². The number of carbonyl (C=O) groups excluding carboxylic acids is 1. The van der Waals surface area contributed by atoms with Crippen LogP contribution in [-0.4, -0.2) is 33.3 Å². The van der Waals surface area contributed by atoms with E-state index in [-0.39, 0.29) is 42.3 Å². The van der Waals surface area contributed by atoms with E-state index in [1.807, 2.05) is 13.8 Å². The van der Waals surface area contributed by atoms with Gasteiger partial charge in [-0.15, -0.1) is 24.8 Å². The molecule has 0 saturated carbocycles. The highest BCUT2D eigenvalue weighted by atomic mass is 35.5. The Hall–Kier alpha value is -1.57. The van der Waals surface area contributed by atoms with E-state index < -0.39 is 0 Å². The molecule has 1 amide bonds. The summed E-state index contributed by atoms with van der Waals surface area (Å²) in [5.41, 5.74) is 3.12. The first-order chi connectivity index (χ1) is 10.5. The minimum atomic E-state index is -0.146. The van der Waals surface area contributed by atoms with Crippen molar-refractivity contribution in [2.75, 3.05) is 6.54 Å². The summed E-state index contributed by atoms with van der Waals surface area (Å²) in [6.07, 6.45) is 1.91. The maximum absolute atomic E-state index is 12.1. The fourth-order valence-electron chi connectivity index (χ4n) is 3.12. The van der Waals surface area contributed by atoms with Crippen LogP contribution in [0.1, 0.15) is 29.7 Å². The van der Waals surface area contributed by atoms with Gasteiger partial charge in [0.25, 0.3) is 5.56 Å². The van der Waals surface area contributed by atoms with Gasteiger partial charge in [0.2, 0.25) is 5.91 Å². The van der Waals surface area contributed by atoms with E-state index in [9.17, 15) is 9.59 Å². The fraction of sp³-hybridized carbons (Fsp3) is 0.533. The minimum Gasteiger partial charge on any atom is -0.351 e. The lowest BCUT2D eigenvalue weighted by molar-refractivity contribution is -0.122. The number of aromatic amines is 1. The molecule has 0 aromatic carbocycles. The number of hydrogen-bond donors (Lipinski definition) is 3. The summed E-state index contributed by atoms with van der Waals surface area (Å²) < 4.78 is 1.63. The quantitative estimate of drug-likeness (QED) is 0.748. The molecule has 3 heterocycles. The highest BCUT2D eigenvalue weighted by molar-refractivity contribution is 5.85. The van der Waals surface area contributed by atoms with Crippen molar-refractivity contribution in [3.05, 3.63) is 27.2 Å². The number of fused-ring (bicyclic) bond motifs is 1. The molecule has 0 radical (unpaired) electrons. The van der Waals surface area contributed by atoms with E-state index in [2.05, 4.69) is 20.7 Å². The normalized spacial score (nSPS) is 16.5. The summed E-state index contributed by atoms with van der Waals surface area (Å²) in [7, 11) is 1.77.